The molecule has 0 aliphatic carbocycles. The average Bonchev–Trinajstić information content (AvgIpc) is 2.83. The lowest BCUT2D eigenvalue weighted by molar-refractivity contribution is -0.131. The van der Waals surface area contributed by atoms with Gasteiger partial charge in [0, 0.05) is 25.0 Å². The van der Waals surface area contributed by atoms with Gasteiger partial charge in [-0.1, -0.05) is 0 Å². The van der Waals surface area contributed by atoms with E-state index in [2.05, 4.69) is 10.3 Å². The molecular formula is C27H32I2N4O6. The van der Waals surface area contributed by atoms with Crippen molar-refractivity contribution in [2.24, 2.45) is 0 Å². The van der Waals surface area contributed by atoms with Crippen LogP contribution in [-0.2, 0) is 11.2 Å². The molecule has 0 saturated carbocycles. The third-order valence-electron chi connectivity index (χ3n) is 6.32. The van der Waals surface area contributed by atoms with Gasteiger partial charge in [0.05, 0.1) is 23.7 Å². The molecule has 0 saturated heterocycles. The Morgan fingerprint density at radius 1 is 1.13 bits per heavy atom. The van der Waals surface area contributed by atoms with Crippen LogP contribution in [0.2, 0.25) is 0 Å². The van der Waals surface area contributed by atoms with Crippen molar-refractivity contribution >= 4 is 79.8 Å². The summed E-state index contributed by atoms with van der Waals surface area (Å²) in [7, 11) is 0. The number of aromatic nitrogens is 1. The number of rotatable bonds is 8. The van der Waals surface area contributed by atoms with Crippen LogP contribution in [0.4, 0.5) is 16.5 Å². The maximum absolute atomic E-state index is 13.4. The summed E-state index contributed by atoms with van der Waals surface area (Å²) in [5, 5.41) is 23.2. The van der Waals surface area contributed by atoms with Crippen LogP contribution in [0, 0.1) is 14.1 Å². The van der Waals surface area contributed by atoms with Gasteiger partial charge in [0.1, 0.15) is 11.8 Å². The van der Waals surface area contributed by atoms with E-state index in [0.29, 0.717) is 37.0 Å². The molecule has 2 aromatic carbocycles. The highest BCUT2D eigenvalue weighted by molar-refractivity contribution is 14.1. The number of phenolic OH excluding ortho intramolecular Hbond substituents is 1. The molecule has 3 N–H and O–H groups in total. The van der Waals surface area contributed by atoms with Crippen LogP contribution in [-0.4, -0.2) is 56.8 Å². The summed E-state index contributed by atoms with van der Waals surface area (Å²) in [5.74, 6) is 0.000766. The number of likely N-dealkylation sites (N-methyl/N-ethyl adjacent to an activating group) is 1. The molecule has 2 amide bonds. The largest absolute Gasteiger partial charge is 0.506 e. The molecule has 1 aromatic heterocycles. The smallest absolute Gasteiger partial charge is 0.412 e. The zero-order valence-electron chi connectivity index (χ0n) is 22.6. The van der Waals surface area contributed by atoms with Crippen molar-refractivity contribution in [2.75, 3.05) is 23.3 Å². The molecule has 0 spiro atoms. The normalized spacial score (nSPS) is 12.3. The van der Waals surface area contributed by atoms with Gasteiger partial charge in [-0.3, -0.25) is 9.69 Å². The summed E-state index contributed by atoms with van der Waals surface area (Å²) in [5.41, 5.74) is 0.492. The number of nitrogens with zero attached hydrogens (tertiary/aromatic N) is 3. The van der Waals surface area contributed by atoms with E-state index in [9.17, 15) is 24.6 Å². The fourth-order valence-corrected chi connectivity index (χ4v) is 6.34. The third kappa shape index (κ3) is 6.76. The van der Waals surface area contributed by atoms with E-state index in [0.717, 1.165) is 5.56 Å². The molecule has 0 aliphatic heterocycles. The Morgan fingerprint density at radius 3 is 2.23 bits per heavy atom. The first kappa shape index (κ1) is 30.9. The summed E-state index contributed by atoms with van der Waals surface area (Å²) in [6.45, 7) is 11.7. The highest BCUT2D eigenvalue weighted by Crippen LogP contribution is 2.32. The van der Waals surface area contributed by atoms with Gasteiger partial charge in [0.25, 0.3) is 6.01 Å². The minimum atomic E-state index is -1.14. The quantitative estimate of drug-likeness (QED) is 0.253. The zero-order valence-corrected chi connectivity index (χ0v) is 26.9. The van der Waals surface area contributed by atoms with E-state index in [1.54, 1.807) is 56.9 Å². The number of hydrogen-bond acceptors (Lipinski definition) is 7. The number of phenols is 1. The minimum Gasteiger partial charge on any atom is -0.506 e. The maximum atomic E-state index is 13.4. The van der Waals surface area contributed by atoms with E-state index in [1.807, 2.05) is 59.0 Å². The first-order valence-electron chi connectivity index (χ1n) is 12.4. The number of carboxylic acid groups (broad SMARTS) is 1. The lowest BCUT2D eigenvalue weighted by Gasteiger charge is -2.34. The molecule has 210 valence electrons. The van der Waals surface area contributed by atoms with E-state index < -0.39 is 23.3 Å². The second kappa shape index (κ2) is 12.3. The standard InChI is InChI=1S/C27H32I2N4O6/c1-7-32(8-2)23(35)19(13-15-11-16(28)22(34)17(29)12-15)31-25-30-18-9-10-20(14(3)21(18)24(36)39-25)33(26(37)38)27(4,5)6/h9-12,19,34H,7-8,13H2,1-6H3,(H,30,31)(H,37,38). The summed E-state index contributed by atoms with van der Waals surface area (Å²) in [4.78, 5) is 46.0. The molecular weight excluding hydrogens is 730 g/mol. The molecule has 1 atom stereocenters. The van der Waals surface area contributed by atoms with Gasteiger partial charge in [-0.2, -0.15) is 4.98 Å². The molecule has 39 heavy (non-hydrogen) atoms. The van der Waals surface area contributed by atoms with Crippen molar-refractivity contribution in [3.8, 4) is 5.75 Å². The van der Waals surface area contributed by atoms with Gasteiger partial charge < -0.3 is 24.8 Å². The number of amides is 2. The van der Waals surface area contributed by atoms with Crippen LogP contribution >= 0.6 is 45.2 Å². The van der Waals surface area contributed by atoms with Crippen molar-refractivity contribution in [3.63, 3.8) is 0 Å². The first-order chi connectivity index (χ1) is 18.2. The Kier molecular flexibility index (Phi) is 9.73. The van der Waals surface area contributed by atoms with Gasteiger partial charge in [-0.25, -0.2) is 9.59 Å². The van der Waals surface area contributed by atoms with Crippen LogP contribution in [0.3, 0.4) is 0 Å². The van der Waals surface area contributed by atoms with Crippen molar-refractivity contribution < 1.29 is 24.2 Å². The lowest BCUT2D eigenvalue weighted by atomic mass is 10.0. The molecule has 3 aromatic rings. The predicted octanol–water partition coefficient (Wildman–Crippen LogP) is 5.59. The number of hydrogen-bond donors (Lipinski definition) is 3. The summed E-state index contributed by atoms with van der Waals surface area (Å²) >= 11 is 4.08. The van der Waals surface area contributed by atoms with E-state index in [4.69, 9.17) is 4.42 Å². The van der Waals surface area contributed by atoms with Crippen molar-refractivity contribution in [2.45, 2.75) is 59.5 Å². The summed E-state index contributed by atoms with van der Waals surface area (Å²) in [6, 6.07) is 5.90. The average molecular weight is 762 g/mol. The van der Waals surface area contributed by atoms with Crippen molar-refractivity contribution in [1.82, 2.24) is 9.88 Å². The molecule has 0 radical (unpaired) electrons. The lowest BCUT2D eigenvalue weighted by Crippen LogP contribution is -2.45. The highest BCUT2D eigenvalue weighted by Gasteiger charge is 2.31. The molecule has 10 nitrogen and oxygen atoms in total. The molecule has 3 rings (SSSR count). The predicted molar refractivity (Wildman–Crippen MR) is 168 cm³/mol. The first-order valence-corrected chi connectivity index (χ1v) is 14.5. The van der Waals surface area contributed by atoms with Gasteiger partial charge in [-0.05, 0) is 122 Å². The monoisotopic (exact) mass is 762 g/mol. The zero-order chi connectivity index (χ0) is 29.2. The number of aromatic hydroxyl groups is 1. The van der Waals surface area contributed by atoms with Crippen LogP contribution < -0.4 is 15.8 Å². The Hall–Kier alpha value is -2.62. The second-order valence-corrected chi connectivity index (χ2v) is 12.3. The molecule has 0 aliphatic rings. The van der Waals surface area contributed by atoms with E-state index in [1.165, 1.54) is 4.90 Å². The minimum absolute atomic E-state index is 0.112. The molecule has 1 heterocycles. The van der Waals surface area contributed by atoms with Gasteiger partial charge >= 0.3 is 11.7 Å². The number of carbonyl (C=O) groups excluding carboxylic acids is 1. The number of aryl methyl sites for hydroxylation is 1. The maximum Gasteiger partial charge on any atom is 0.412 e. The van der Waals surface area contributed by atoms with Crippen LogP contribution in [0.15, 0.2) is 33.5 Å². The molecule has 12 heteroatoms. The third-order valence-corrected chi connectivity index (χ3v) is 7.96. The number of fused-ring (bicyclic) bond motifs is 1. The number of anilines is 2. The summed E-state index contributed by atoms with van der Waals surface area (Å²) in [6.07, 6.45) is -0.876. The second-order valence-electron chi connectivity index (χ2n) is 10.0. The van der Waals surface area contributed by atoms with Crippen molar-refractivity contribution in [3.05, 3.63) is 53.0 Å². The van der Waals surface area contributed by atoms with Gasteiger partial charge in [0.2, 0.25) is 5.91 Å². The number of halogens is 2. The Bertz CT molecular complexity index is 1440. The highest BCUT2D eigenvalue weighted by atomic mass is 127. The fourth-order valence-electron chi connectivity index (χ4n) is 4.44. The van der Waals surface area contributed by atoms with Gasteiger partial charge in [-0.15, -0.1) is 0 Å². The Morgan fingerprint density at radius 2 is 1.72 bits per heavy atom. The van der Waals surface area contributed by atoms with Crippen molar-refractivity contribution in [1.29, 1.82) is 0 Å². The summed E-state index contributed by atoms with van der Waals surface area (Å²) < 4.78 is 6.85. The van der Waals surface area contributed by atoms with Crippen LogP contribution in [0.1, 0.15) is 45.7 Å². The van der Waals surface area contributed by atoms with Gasteiger partial charge in [0.15, 0.2) is 0 Å². The Balaban J connectivity index is 2.07. The van der Waals surface area contributed by atoms with E-state index in [-0.39, 0.29) is 29.5 Å². The SMILES string of the molecule is CCN(CC)C(=O)C(Cc1cc(I)c(O)c(I)c1)Nc1nc2ccc(N(C(=O)O)C(C)(C)C)c(C)c2c(=O)o1. The molecule has 1 unspecified atom stereocenters. The fraction of sp³-hybridized carbons (Fsp3) is 0.407. The number of benzene rings is 2. The number of carbonyl (C=O) groups is 2. The number of nitrogens with one attached hydrogen (secondary N) is 1. The molecule has 0 bridgehead atoms. The van der Waals surface area contributed by atoms with E-state index >= 15 is 0 Å². The topological polar surface area (TPSA) is 136 Å². The molecule has 0 fully saturated rings. The Labute approximate surface area is 254 Å². The van der Waals surface area contributed by atoms with Crippen LogP contribution in [0.5, 0.6) is 5.75 Å². The van der Waals surface area contributed by atoms with Crippen LogP contribution in [0.25, 0.3) is 10.9 Å².